The molecule has 1 spiro atoms. The lowest BCUT2D eigenvalue weighted by Gasteiger charge is -2.37. The van der Waals surface area contributed by atoms with E-state index >= 15 is 0 Å². The highest BCUT2D eigenvalue weighted by molar-refractivity contribution is 6.03. The van der Waals surface area contributed by atoms with E-state index in [9.17, 15) is 0 Å². The molecule has 0 saturated carbocycles. The van der Waals surface area contributed by atoms with Gasteiger partial charge in [0.2, 0.25) is 0 Å². The molecule has 1 aromatic rings. The highest BCUT2D eigenvalue weighted by Gasteiger charge is 2.42. The molecule has 0 atom stereocenters. The number of halogens is 1. The van der Waals surface area contributed by atoms with Crippen LogP contribution >= 0.6 is 12.4 Å². The molecule has 5 nitrogen and oxygen atoms in total. The Balaban J connectivity index is 0.00000192. The smallest absolute Gasteiger partial charge is 0.145 e. The first-order valence-electron chi connectivity index (χ1n) is 8.04. The summed E-state index contributed by atoms with van der Waals surface area (Å²) in [4.78, 5) is 8.36. The van der Waals surface area contributed by atoms with Crippen LogP contribution in [0, 0.1) is 5.41 Å². The number of nitrogens with one attached hydrogen (secondary N) is 1. The van der Waals surface area contributed by atoms with Gasteiger partial charge in [0.1, 0.15) is 11.4 Å². The van der Waals surface area contributed by atoms with E-state index in [4.69, 9.17) is 16.0 Å². The Morgan fingerprint density at radius 1 is 1.30 bits per heavy atom. The quantitative estimate of drug-likeness (QED) is 0.655. The maximum absolute atomic E-state index is 7.44. The third-order valence-corrected chi connectivity index (χ3v) is 4.68. The second kappa shape index (κ2) is 7.32. The molecule has 1 aromatic carbocycles. The normalized spacial score (nSPS) is 19.8. The summed E-state index contributed by atoms with van der Waals surface area (Å²) in [6, 6.07) is 7.69. The Morgan fingerprint density at radius 3 is 2.52 bits per heavy atom. The maximum atomic E-state index is 7.44. The maximum Gasteiger partial charge on any atom is 0.145 e. The van der Waals surface area contributed by atoms with Gasteiger partial charge in [-0.25, -0.2) is 0 Å². The molecule has 126 valence electrons. The van der Waals surface area contributed by atoms with Crippen molar-refractivity contribution in [2.75, 3.05) is 19.6 Å². The molecule has 0 amide bonds. The molecule has 0 aromatic heterocycles. The van der Waals surface area contributed by atoms with Crippen molar-refractivity contribution in [2.24, 2.45) is 10.9 Å². The molecule has 0 unspecified atom stereocenters. The molecule has 1 saturated heterocycles. The van der Waals surface area contributed by atoms with Gasteiger partial charge in [0.15, 0.2) is 0 Å². The van der Waals surface area contributed by atoms with E-state index in [1.54, 1.807) is 0 Å². The Bertz CT molecular complexity index is 577. The fraction of sp³-hybridized carbons (Fsp3) is 0.529. The van der Waals surface area contributed by atoms with E-state index in [2.05, 4.69) is 17.0 Å². The van der Waals surface area contributed by atoms with Gasteiger partial charge < -0.3 is 15.5 Å². The molecule has 0 radical (unpaired) electrons. The number of nitrogen functional groups attached to an aromatic ring is 1. The fourth-order valence-electron chi connectivity index (χ4n) is 3.29. The topological polar surface area (TPSA) is 74.7 Å². The summed E-state index contributed by atoms with van der Waals surface area (Å²) in [5.74, 6) is 0.0935. The standard InChI is InChI=1S/C17H24N4O.ClH/c1-2-9-21-10-7-17(8-11-21)12-15(20-22-17)13-3-5-14(6-4-13)16(18)19;/h3-6H,2,7-12H2,1H3,(H3,18,19);1H. The van der Waals surface area contributed by atoms with Crippen molar-refractivity contribution < 1.29 is 4.84 Å². The molecule has 1 fully saturated rings. The molecule has 0 aliphatic carbocycles. The van der Waals surface area contributed by atoms with Gasteiger partial charge in [-0.1, -0.05) is 36.3 Å². The van der Waals surface area contributed by atoms with Crippen molar-refractivity contribution in [3.05, 3.63) is 35.4 Å². The second-order valence-corrected chi connectivity index (χ2v) is 6.32. The van der Waals surface area contributed by atoms with Crippen LogP contribution in [0.4, 0.5) is 0 Å². The molecular formula is C17H25ClN4O. The lowest BCUT2D eigenvalue weighted by molar-refractivity contribution is -0.0613. The van der Waals surface area contributed by atoms with Crippen molar-refractivity contribution in [3.8, 4) is 0 Å². The molecular weight excluding hydrogens is 312 g/mol. The zero-order valence-corrected chi connectivity index (χ0v) is 14.4. The van der Waals surface area contributed by atoms with Crippen LogP contribution in [-0.2, 0) is 4.84 Å². The lowest BCUT2D eigenvalue weighted by atomic mass is 9.85. The number of amidine groups is 1. The number of benzene rings is 1. The molecule has 0 bridgehead atoms. The van der Waals surface area contributed by atoms with Crippen LogP contribution in [0.1, 0.15) is 43.7 Å². The van der Waals surface area contributed by atoms with Gasteiger partial charge in [-0.3, -0.25) is 5.41 Å². The van der Waals surface area contributed by atoms with Crippen molar-refractivity contribution in [2.45, 2.75) is 38.2 Å². The van der Waals surface area contributed by atoms with Crippen LogP contribution in [0.3, 0.4) is 0 Å². The van der Waals surface area contributed by atoms with E-state index in [0.29, 0.717) is 0 Å². The van der Waals surface area contributed by atoms with E-state index in [0.717, 1.165) is 49.2 Å². The minimum Gasteiger partial charge on any atom is -0.388 e. The number of nitrogens with two attached hydrogens (primary N) is 1. The van der Waals surface area contributed by atoms with Gasteiger partial charge in [-0.2, -0.15) is 0 Å². The average Bonchev–Trinajstić information content (AvgIpc) is 2.94. The van der Waals surface area contributed by atoms with Gasteiger partial charge in [-0.05, 0) is 18.5 Å². The summed E-state index contributed by atoms with van der Waals surface area (Å²) in [5.41, 5.74) is 8.21. The van der Waals surface area contributed by atoms with Gasteiger partial charge in [0.05, 0.1) is 5.71 Å². The summed E-state index contributed by atoms with van der Waals surface area (Å²) in [6.07, 6.45) is 4.18. The monoisotopic (exact) mass is 336 g/mol. The van der Waals surface area contributed by atoms with Crippen molar-refractivity contribution in [1.82, 2.24) is 4.90 Å². The second-order valence-electron chi connectivity index (χ2n) is 6.32. The predicted octanol–water partition coefficient (Wildman–Crippen LogP) is 2.76. The van der Waals surface area contributed by atoms with Crippen LogP contribution < -0.4 is 5.73 Å². The number of hydrogen-bond donors (Lipinski definition) is 2. The number of hydrogen-bond acceptors (Lipinski definition) is 4. The van der Waals surface area contributed by atoms with Crippen molar-refractivity contribution in [3.63, 3.8) is 0 Å². The predicted molar refractivity (Wildman–Crippen MR) is 95.6 cm³/mol. The van der Waals surface area contributed by atoms with Crippen molar-refractivity contribution in [1.29, 1.82) is 5.41 Å². The van der Waals surface area contributed by atoms with Gasteiger partial charge in [-0.15, -0.1) is 12.4 Å². The summed E-state index contributed by atoms with van der Waals surface area (Å²) in [6.45, 7) is 5.60. The van der Waals surface area contributed by atoms with Gasteiger partial charge in [0.25, 0.3) is 0 Å². The highest BCUT2D eigenvalue weighted by Crippen LogP contribution is 2.36. The molecule has 2 aliphatic rings. The zero-order valence-electron chi connectivity index (χ0n) is 13.5. The van der Waals surface area contributed by atoms with Gasteiger partial charge >= 0.3 is 0 Å². The Hall–Kier alpha value is -1.59. The fourth-order valence-corrected chi connectivity index (χ4v) is 3.29. The number of likely N-dealkylation sites (tertiary alicyclic amines) is 1. The van der Waals surface area contributed by atoms with Gasteiger partial charge in [0, 0.05) is 37.9 Å². The van der Waals surface area contributed by atoms with E-state index in [1.165, 1.54) is 13.0 Å². The van der Waals surface area contributed by atoms with E-state index in [1.807, 2.05) is 24.3 Å². The SMILES string of the molecule is CCCN1CCC2(CC1)CC(c1ccc(C(=N)N)cc1)=NO2.Cl. The van der Waals surface area contributed by atoms with Crippen LogP contribution in [0.2, 0.25) is 0 Å². The van der Waals surface area contributed by atoms with Crippen molar-refractivity contribution >= 4 is 24.0 Å². The number of nitrogens with zero attached hydrogens (tertiary/aromatic N) is 2. The third-order valence-electron chi connectivity index (χ3n) is 4.68. The van der Waals surface area contributed by atoms with Crippen LogP contribution in [0.15, 0.2) is 29.4 Å². The summed E-state index contributed by atoms with van der Waals surface area (Å²) in [5, 5.41) is 11.8. The molecule has 2 heterocycles. The summed E-state index contributed by atoms with van der Waals surface area (Å²) in [7, 11) is 0. The van der Waals surface area contributed by atoms with E-state index < -0.39 is 0 Å². The lowest BCUT2D eigenvalue weighted by Crippen LogP contribution is -2.44. The first-order valence-corrected chi connectivity index (χ1v) is 8.04. The summed E-state index contributed by atoms with van der Waals surface area (Å²) < 4.78 is 0. The Morgan fingerprint density at radius 2 is 1.96 bits per heavy atom. The first-order chi connectivity index (χ1) is 10.6. The molecule has 3 N–H and O–H groups in total. The molecule has 2 aliphatic heterocycles. The Labute approximate surface area is 143 Å². The number of piperidine rings is 1. The Kier molecular flexibility index (Phi) is 5.65. The van der Waals surface area contributed by atoms with Crippen LogP contribution in [-0.4, -0.2) is 41.7 Å². The number of oxime groups is 1. The zero-order chi connectivity index (χ0) is 15.6. The molecule has 3 rings (SSSR count). The third kappa shape index (κ3) is 3.85. The average molecular weight is 337 g/mol. The van der Waals surface area contributed by atoms with Crippen LogP contribution in [0.25, 0.3) is 0 Å². The summed E-state index contributed by atoms with van der Waals surface area (Å²) >= 11 is 0. The molecule has 23 heavy (non-hydrogen) atoms. The highest BCUT2D eigenvalue weighted by atomic mass is 35.5. The van der Waals surface area contributed by atoms with E-state index in [-0.39, 0.29) is 23.8 Å². The number of rotatable bonds is 4. The molecule has 6 heteroatoms. The van der Waals surface area contributed by atoms with Crippen LogP contribution in [0.5, 0.6) is 0 Å². The first kappa shape index (κ1) is 17.8. The largest absolute Gasteiger partial charge is 0.388 e. The minimum absolute atomic E-state index is 0. The minimum atomic E-state index is -0.0984.